The Balaban J connectivity index is 2.30. The van der Waals surface area contributed by atoms with Crippen molar-refractivity contribution in [1.29, 1.82) is 0 Å². The van der Waals surface area contributed by atoms with Gasteiger partial charge in [-0.2, -0.15) is 0 Å². The second-order valence-corrected chi connectivity index (χ2v) is 4.75. The molecular weight excluding hydrogens is 217 g/mol. The summed E-state index contributed by atoms with van der Waals surface area (Å²) in [6.07, 6.45) is 5.43. The summed E-state index contributed by atoms with van der Waals surface area (Å²) < 4.78 is 13.4. The van der Waals surface area contributed by atoms with E-state index in [1.165, 1.54) is 25.0 Å². The van der Waals surface area contributed by atoms with E-state index in [9.17, 15) is 9.18 Å². The Morgan fingerprint density at radius 3 is 2.88 bits per heavy atom. The molecule has 1 unspecified atom stereocenters. The summed E-state index contributed by atoms with van der Waals surface area (Å²) in [4.78, 5) is 13.0. The van der Waals surface area contributed by atoms with E-state index in [1.54, 1.807) is 6.07 Å². The van der Waals surface area contributed by atoms with Gasteiger partial charge in [-0.15, -0.1) is 0 Å². The molecule has 17 heavy (non-hydrogen) atoms. The molecule has 0 saturated carbocycles. The second-order valence-electron chi connectivity index (χ2n) is 4.75. The molecule has 0 aromatic heterocycles. The molecule has 2 nitrogen and oxygen atoms in total. The lowest BCUT2D eigenvalue weighted by molar-refractivity contribution is 0.112. The summed E-state index contributed by atoms with van der Waals surface area (Å²) in [7, 11) is 0. The molecule has 92 valence electrons. The molecule has 1 aromatic carbocycles. The predicted molar refractivity (Wildman–Crippen MR) is 67.1 cm³/mol. The lowest BCUT2D eigenvalue weighted by atomic mass is 10.1. The summed E-state index contributed by atoms with van der Waals surface area (Å²) >= 11 is 0. The van der Waals surface area contributed by atoms with Gasteiger partial charge in [-0.25, -0.2) is 4.39 Å². The van der Waals surface area contributed by atoms with E-state index in [0.717, 1.165) is 25.1 Å². The summed E-state index contributed by atoms with van der Waals surface area (Å²) in [6, 6.07) is 4.99. The Labute approximate surface area is 101 Å². The van der Waals surface area contributed by atoms with E-state index in [2.05, 4.69) is 11.8 Å². The van der Waals surface area contributed by atoms with Gasteiger partial charge in [0.1, 0.15) is 12.1 Å². The summed E-state index contributed by atoms with van der Waals surface area (Å²) in [6.45, 7) is 3.11. The average Bonchev–Trinajstić information content (AvgIpc) is 2.53. The fraction of sp³-hybridized carbons (Fsp3) is 0.500. The van der Waals surface area contributed by atoms with E-state index < -0.39 is 0 Å². The van der Waals surface area contributed by atoms with Crippen molar-refractivity contribution < 1.29 is 9.18 Å². The van der Waals surface area contributed by atoms with Crippen LogP contribution in [0.15, 0.2) is 18.2 Å². The van der Waals surface area contributed by atoms with Gasteiger partial charge < -0.3 is 4.90 Å². The first-order valence-electron chi connectivity index (χ1n) is 6.23. The Kier molecular flexibility index (Phi) is 3.77. The van der Waals surface area contributed by atoms with E-state index in [-0.39, 0.29) is 5.82 Å². The SMILES string of the molecule is CC1CCCCCN1c1cc(F)cc(C=O)c1. The third-order valence-electron chi connectivity index (χ3n) is 3.43. The molecule has 1 fully saturated rings. The van der Waals surface area contributed by atoms with E-state index >= 15 is 0 Å². The van der Waals surface area contributed by atoms with E-state index in [1.807, 2.05) is 0 Å². The minimum absolute atomic E-state index is 0.332. The number of hydrogen-bond acceptors (Lipinski definition) is 2. The van der Waals surface area contributed by atoms with E-state index in [4.69, 9.17) is 0 Å². The maximum absolute atomic E-state index is 13.4. The molecule has 3 heteroatoms. The van der Waals surface area contributed by atoms with Crippen molar-refractivity contribution in [3.63, 3.8) is 0 Å². The number of rotatable bonds is 2. The van der Waals surface area contributed by atoms with Crippen molar-refractivity contribution in [2.75, 3.05) is 11.4 Å². The van der Waals surface area contributed by atoms with Crippen LogP contribution < -0.4 is 4.90 Å². The zero-order chi connectivity index (χ0) is 12.3. The summed E-state index contributed by atoms with van der Waals surface area (Å²) in [5, 5.41) is 0. The maximum atomic E-state index is 13.4. The third kappa shape index (κ3) is 2.84. The van der Waals surface area contributed by atoms with Crippen molar-refractivity contribution in [1.82, 2.24) is 0 Å². The lowest BCUT2D eigenvalue weighted by Crippen LogP contribution is -2.32. The molecule has 1 saturated heterocycles. The molecular formula is C14H18FNO. The van der Waals surface area contributed by atoms with Crippen LogP contribution in [0.5, 0.6) is 0 Å². The number of halogens is 1. The quantitative estimate of drug-likeness (QED) is 0.732. The first-order valence-corrected chi connectivity index (χ1v) is 6.23. The highest BCUT2D eigenvalue weighted by Gasteiger charge is 2.18. The predicted octanol–water partition coefficient (Wildman–Crippen LogP) is 3.41. The fourth-order valence-corrected chi connectivity index (χ4v) is 2.49. The highest BCUT2D eigenvalue weighted by molar-refractivity contribution is 5.77. The Morgan fingerprint density at radius 1 is 1.29 bits per heavy atom. The zero-order valence-electron chi connectivity index (χ0n) is 10.2. The van der Waals surface area contributed by atoms with Gasteiger partial charge in [0.2, 0.25) is 0 Å². The first-order chi connectivity index (χ1) is 8.20. The van der Waals surface area contributed by atoms with Gasteiger partial charge in [0.25, 0.3) is 0 Å². The standard InChI is InChI=1S/C14H18FNO/c1-11-5-3-2-4-6-16(11)14-8-12(10-17)7-13(15)9-14/h7-11H,2-6H2,1H3. The maximum Gasteiger partial charge on any atom is 0.150 e. The number of aldehydes is 1. The molecule has 1 aromatic rings. The minimum Gasteiger partial charge on any atom is -0.369 e. The molecule has 1 aliphatic rings. The molecule has 1 atom stereocenters. The molecule has 0 aliphatic carbocycles. The lowest BCUT2D eigenvalue weighted by Gasteiger charge is -2.29. The number of carbonyl (C=O) groups excluding carboxylic acids is 1. The molecule has 1 aliphatic heterocycles. The average molecular weight is 235 g/mol. The number of anilines is 1. The van der Waals surface area contributed by atoms with Crippen LogP contribution in [0.3, 0.4) is 0 Å². The van der Waals surface area contributed by atoms with Gasteiger partial charge in [-0.1, -0.05) is 12.8 Å². The smallest absolute Gasteiger partial charge is 0.150 e. The third-order valence-corrected chi connectivity index (χ3v) is 3.43. The van der Waals surface area contributed by atoms with Crippen LogP contribution in [0.1, 0.15) is 43.0 Å². The van der Waals surface area contributed by atoms with Gasteiger partial charge in [-0.05, 0) is 38.0 Å². The molecule has 0 bridgehead atoms. The Bertz CT molecular complexity index is 405. The Hall–Kier alpha value is -1.38. The van der Waals surface area contributed by atoms with Crippen molar-refractivity contribution in [3.8, 4) is 0 Å². The zero-order valence-corrected chi connectivity index (χ0v) is 10.2. The fourth-order valence-electron chi connectivity index (χ4n) is 2.49. The highest BCUT2D eigenvalue weighted by Crippen LogP contribution is 2.25. The van der Waals surface area contributed by atoms with Crippen LogP contribution in [0, 0.1) is 5.82 Å². The van der Waals surface area contributed by atoms with Crippen molar-refractivity contribution in [2.24, 2.45) is 0 Å². The van der Waals surface area contributed by atoms with Crippen molar-refractivity contribution in [3.05, 3.63) is 29.6 Å². The van der Waals surface area contributed by atoms with Gasteiger partial charge >= 0.3 is 0 Å². The van der Waals surface area contributed by atoms with Crippen LogP contribution >= 0.6 is 0 Å². The van der Waals surface area contributed by atoms with Crippen LogP contribution in [0.2, 0.25) is 0 Å². The van der Waals surface area contributed by atoms with Crippen molar-refractivity contribution >= 4 is 12.0 Å². The van der Waals surface area contributed by atoms with Crippen LogP contribution in [-0.4, -0.2) is 18.9 Å². The van der Waals surface area contributed by atoms with Gasteiger partial charge in [0.15, 0.2) is 0 Å². The topological polar surface area (TPSA) is 20.3 Å². The molecule has 0 amide bonds. The van der Waals surface area contributed by atoms with Gasteiger partial charge in [0, 0.05) is 23.8 Å². The highest BCUT2D eigenvalue weighted by atomic mass is 19.1. The second kappa shape index (κ2) is 5.30. The Morgan fingerprint density at radius 2 is 2.12 bits per heavy atom. The van der Waals surface area contributed by atoms with E-state index in [0.29, 0.717) is 17.9 Å². The molecule has 2 rings (SSSR count). The van der Waals surface area contributed by atoms with Crippen LogP contribution in [0.25, 0.3) is 0 Å². The number of carbonyl (C=O) groups is 1. The van der Waals surface area contributed by atoms with Gasteiger partial charge in [-0.3, -0.25) is 4.79 Å². The van der Waals surface area contributed by atoms with Gasteiger partial charge in [0.05, 0.1) is 0 Å². The monoisotopic (exact) mass is 235 g/mol. The number of nitrogens with zero attached hydrogens (tertiary/aromatic N) is 1. The van der Waals surface area contributed by atoms with Crippen LogP contribution in [-0.2, 0) is 0 Å². The largest absolute Gasteiger partial charge is 0.369 e. The number of hydrogen-bond donors (Lipinski definition) is 0. The summed E-state index contributed by atoms with van der Waals surface area (Å²) in [5.74, 6) is -0.332. The summed E-state index contributed by atoms with van der Waals surface area (Å²) in [5.41, 5.74) is 1.25. The van der Waals surface area contributed by atoms with Crippen molar-refractivity contribution in [2.45, 2.75) is 38.6 Å². The van der Waals surface area contributed by atoms with Crippen LogP contribution in [0.4, 0.5) is 10.1 Å². The first kappa shape index (κ1) is 12.1. The number of benzene rings is 1. The normalized spacial score (nSPS) is 21.1. The molecule has 1 heterocycles. The molecule has 0 radical (unpaired) electrons. The minimum atomic E-state index is -0.332. The molecule has 0 spiro atoms. The molecule has 0 N–H and O–H groups in total.